The highest BCUT2D eigenvalue weighted by Crippen LogP contribution is 2.31. The molecule has 1 amide bonds. The molecule has 2 aromatic carbocycles. The van der Waals surface area contributed by atoms with E-state index in [9.17, 15) is 9.59 Å². The van der Waals surface area contributed by atoms with Gasteiger partial charge in [0.15, 0.2) is 11.5 Å². The Hall–Kier alpha value is -3.94. The number of aromatic nitrogens is 1. The van der Waals surface area contributed by atoms with E-state index in [1.807, 2.05) is 6.07 Å². The largest absolute Gasteiger partial charge is 0.496 e. The number of hydrogen-bond donors (Lipinski definition) is 2. The standard InChI is InChI=1S/C24H26N2O6/c1-29-18-8-9-20(31-3)23-17(18)14-16(24(28)26-23)11-12-25-22(27)10-6-15-5-7-19(30-2)21(13-15)32-4/h5-10,13-14H,11-12H2,1-4H3,(H,25,27)(H,26,28)/b10-6+. The van der Waals surface area contributed by atoms with Gasteiger partial charge in [0.25, 0.3) is 5.56 Å². The van der Waals surface area contributed by atoms with E-state index >= 15 is 0 Å². The molecule has 0 aliphatic heterocycles. The molecule has 0 saturated carbocycles. The molecular weight excluding hydrogens is 412 g/mol. The topological polar surface area (TPSA) is 98.9 Å². The first-order chi connectivity index (χ1) is 15.5. The molecule has 0 atom stereocenters. The third kappa shape index (κ3) is 5.03. The van der Waals surface area contributed by atoms with Gasteiger partial charge in [-0.1, -0.05) is 6.07 Å². The maximum absolute atomic E-state index is 12.5. The van der Waals surface area contributed by atoms with Crippen molar-refractivity contribution in [2.45, 2.75) is 6.42 Å². The Morgan fingerprint density at radius 3 is 2.25 bits per heavy atom. The fourth-order valence-electron chi connectivity index (χ4n) is 3.33. The van der Waals surface area contributed by atoms with Crippen LogP contribution in [-0.4, -0.2) is 45.9 Å². The second-order valence-electron chi connectivity index (χ2n) is 6.87. The van der Waals surface area contributed by atoms with Gasteiger partial charge in [-0.2, -0.15) is 0 Å². The van der Waals surface area contributed by atoms with Crippen molar-refractivity contribution >= 4 is 22.9 Å². The molecule has 0 radical (unpaired) electrons. The molecular formula is C24H26N2O6. The molecule has 3 rings (SSSR count). The average Bonchev–Trinajstić information content (AvgIpc) is 2.82. The molecule has 168 valence electrons. The van der Waals surface area contributed by atoms with Crippen molar-refractivity contribution in [2.75, 3.05) is 35.0 Å². The van der Waals surface area contributed by atoms with E-state index in [0.717, 1.165) is 10.9 Å². The van der Waals surface area contributed by atoms with Crippen molar-refractivity contribution in [3.63, 3.8) is 0 Å². The smallest absolute Gasteiger partial charge is 0.251 e. The molecule has 1 aromatic heterocycles. The molecule has 0 aliphatic rings. The molecule has 8 nitrogen and oxygen atoms in total. The molecule has 0 saturated heterocycles. The number of amides is 1. The fourth-order valence-corrected chi connectivity index (χ4v) is 3.33. The SMILES string of the molecule is COc1ccc(/C=C/C(=O)NCCc2cc3c(OC)ccc(OC)c3[nH]c2=O)cc1OC. The predicted molar refractivity (Wildman–Crippen MR) is 123 cm³/mol. The summed E-state index contributed by atoms with van der Waals surface area (Å²) in [6, 6.07) is 10.7. The molecule has 0 aliphatic carbocycles. The van der Waals surface area contributed by atoms with E-state index in [1.165, 1.54) is 6.08 Å². The number of fused-ring (bicyclic) bond motifs is 1. The van der Waals surface area contributed by atoms with Crippen LogP contribution in [0.3, 0.4) is 0 Å². The van der Waals surface area contributed by atoms with Crippen molar-refractivity contribution in [2.24, 2.45) is 0 Å². The van der Waals surface area contributed by atoms with Crippen LogP contribution in [0.2, 0.25) is 0 Å². The second kappa shape index (κ2) is 10.4. The van der Waals surface area contributed by atoms with Gasteiger partial charge in [0.2, 0.25) is 5.91 Å². The van der Waals surface area contributed by atoms with Crippen LogP contribution in [0.5, 0.6) is 23.0 Å². The first kappa shape index (κ1) is 22.7. The van der Waals surface area contributed by atoms with Crippen LogP contribution in [0.15, 0.2) is 47.3 Å². The molecule has 8 heteroatoms. The van der Waals surface area contributed by atoms with Crippen molar-refractivity contribution in [1.29, 1.82) is 0 Å². The van der Waals surface area contributed by atoms with Gasteiger partial charge in [-0.3, -0.25) is 9.59 Å². The highest BCUT2D eigenvalue weighted by atomic mass is 16.5. The van der Waals surface area contributed by atoms with Gasteiger partial charge in [0.05, 0.1) is 34.0 Å². The first-order valence-corrected chi connectivity index (χ1v) is 9.95. The van der Waals surface area contributed by atoms with Gasteiger partial charge in [0.1, 0.15) is 11.5 Å². The summed E-state index contributed by atoms with van der Waals surface area (Å²) >= 11 is 0. The van der Waals surface area contributed by atoms with Gasteiger partial charge in [0, 0.05) is 23.6 Å². The molecule has 0 bridgehead atoms. The molecule has 3 aromatic rings. The second-order valence-corrected chi connectivity index (χ2v) is 6.87. The van der Waals surface area contributed by atoms with Crippen LogP contribution < -0.4 is 29.8 Å². The number of rotatable bonds is 9. The number of nitrogens with one attached hydrogen (secondary N) is 2. The number of hydrogen-bond acceptors (Lipinski definition) is 6. The van der Waals surface area contributed by atoms with Crippen molar-refractivity contribution in [1.82, 2.24) is 10.3 Å². The molecule has 0 fully saturated rings. The highest BCUT2D eigenvalue weighted by Gasteiger charge is 2.11. The molecule has 0 unspecified atom stereocenters. The summed E-state index contributed by atoms with van der Waals surface area (Å²) in [6.45, 7) is 0.302. The lowest BCUT2D eigenvalue weighted by Crippen LogP contribution is -2.25. The zero-order chi connectivity index (χ0) is 23.1. The Balaban J connectivity index is 1.67. The lowest BCUT2D eigenvalue weighted by atomic mass is 10.1. The number of benzene rings is 2. The summed E-state index contributed by atoms with van der Waals surface area (Å²) in [6.07, 6.45) is 3.47. The number of carbonyl (C=O) groups excluding carboxylic acids is 1. The molecule has 2 N–H and O–H groups in total. The van der Waals surface area contributed by atoms with Crippen LogP contribution in [0.1, 0.15) is 11.1 Å². The molecule has 1 heterocycles. The Kier molecular flexibility index (Phi) is 7.38. The van der Waals surface area contributed by atoms with E-state index in [-0.39, 0.29) is 11.5 Å². The summed E-state index contributed by atoms with van der Waals surface area (Å²) in [7, 11) is 6.22. The summed E-state index contributed by atoms with van der Waals surface area (Å²) in [5.41, 5.74) is 1.67. The predicted octanol–water partition coefficient (Wildman–Crippen LogP) is 2.93. The zero-order valence-electron chi connectivity index (χ0n) is 18.5. The number of carbonyl (C=O) groups is 1. The maximum atomic E-state index is 12.5. The highest BCUT2D eigenvalue weighted by molar-refractivity contribution is 5.92. The maximum Gasteiger partial charge on any atom is 0.251 e. The van der Waals surface area contributed by atoms with Gasteiger partial charge in [-0.25, -0.2) is 0 Å². The Labute approximate surface area is 185 Å². The number of ether oxygens (including phenoxy) is 4. The van der Waals surface area contributed by atoms with Crippen LogP contribution in [-0.2, 0) is 11.2 Å². The number of H-pyrrole nitrogens is 1. The number of methoxy groups -OCH3 is 4. The van der Waals surface area contributed by atoms with Gasteiger partial charge in [-0.15, -0.1) is 0 Å². The normalized spacial score (nSPS) is 10.9. The Morgan fingerprint density at radius 2 is 1.56 bits per heavy atom. The zero-order valence-corrected chi connectivity index (χ0v) is 18.5. The quantitative estimate of drug-likeness (QED) is 0.499. The third-order valence-corrected chi connectivity index (χ3v) is 4.98. The summed E-state index contributed by atoms with van der Waals surface area (Å²) in [5, 5.41) is 3.53. The van der Waals surface area contributed by atoms with Crippen LogP contribution >= 0.6 is 0 Å². The van der Waals surface area contributed by atoms with Gasteiger partial charge in [-0.05, 0) is 48.4 Å². The summed E-state index contributed by atoms with van der Waals surface area (Å²) in [5.74, 6) is 2.11. The minimum Gasteiger partial charge on any atom is -0.496 e. The molecule has 0 spiro atoms. The van der Waals surface area contributed by atoms with Crippen LogP contribution in [0.4, 0.5) is 0 Å². The third-order valence-electron chi connectivity index (χ3n) is 4.98. The van der Waals surface area contributed by atoms with E-state index < -0.39 is 0 Å². The van der Waals surface area contributed by atoms with E-state index in [0.29, 0.717) is 47.0 Å². The van der Waals surface area contributed by atoms with Gasteiger partial charge < -0.3 is 29.2 Å². The Morgan fingerprint density at radius 1 is 0.906 bits per heavy atom. The van der Waals surface area contributed by atoms with Crippen molar-refractivity contribution in [3.05, 3.63) is 64.0 Å². The van der Waals surface area contributed by atoms with E-state index in [1.54, 1.807) is 64.8 Å². The lowest BCUT2D eigenvalue weighted by molar-refractivity contribution is -0.116. The monoisotopic (exact) mass is 438 g/mol. The lowest BCUT2D eigenvalue weighted by Gasteiger charge is -2.11. The average molecular weight is 438 g/mol. The van der Waals surface area contributed by atoms with E-state index in [4.69, 9.17) is 18.9 Å². The van der Waals surface area contributed by atoms with Crippen molar-refractivity contribution in [3.8, 4) is 23.0 Å². The number of aromatic amines is 1. The first-order valence-electron chi connectivity index (χ1n) is 9.95. The van der Waals surface area contributed by atoms with Crippen molar-refractivity contribution < 1.29 is 23.7 Å². The Bertz CT molecular complexity index is 1200. The minimum atomic E-state index is -0.267. The molecule has 32 heavy (non-hydrogen) atoms. The fraction of sp³-hybridized carbons (Fsp3) is 0.250. The minimum absolute atomic E-state index is 0.237. The summed E-state index contributed by atoms with van der Waals surface area (Å²) < 4.78 is 21.2. The summed E-state index contributed by atoms with van der Waals surface area (Å²) in [4.78, 5) is 27.5. The van der Waals surface area contributed by atoms with Crippen LogP contribution in [0.25, 0.3) is 17.0 Å². The number of pyridine rings is 1. The van der Waals surface area contributed by atoms with Crippen LogP contribution in [0, 0.1) is 0 Å². The van der Waals surface area contributed by atoms with Gasteiger partial charge >= 0.3 is 0 Å². The van der Waals surface area contributed by atoms with E-state index in [2.05, 4.69) is 10.3 Å².